The van der Waals surface area contributed by atoms with Gasteiger partial charge in [0.05, 0.1) is 23.9 Å². The lowest BCUT2D eigenvalue weighted by molar-refractivity contribution is -0.383. The van der Waals surface area contributed by atoms with Crippen LogP contribution in [0.4, 0.5) is 17.1 Å². The molecular formula is C16H18BN4O4. The first-order valence-electron chi connectivity index (χ1n) is 8.00. The summed E-state index contributed by atoms with van der Waals surface area (Å²) in [6.45, 7) is 2.92. The molecule has 0 unspecified atom stereocenters. The van der Waals surface area contributed by atoms with Crippen molar-refractivity contribution < 1.29 is 14.1 Å². The summed E-state index contributed by atoms with van der Waals surface area (Å²) in [5.74, 6) is 0.706. The zero-order valence-corrected chi connectivity index (χ0v) is 13.6. The van der Waals surface area contributed by atoms with Gasteiger partial charge in [-0.25, -0.2) is 0 Å². The molecule has 0 aliphatic carbocycles. The molecule has 1 aliphatic rings. The Morgan fingerprint density at radius 3 is 2.68 bits per heavy atom. The van der Waals surface area contributed by atoms with E-state index in [0.717, 1.165) is 6.19 Å². The van der Waals surface area contributed by atoms with Gasteiger partial charge in [0.1, 0.15) is 17.1 Å². The Balaban J connectivity index is 1.78. The van der Waals surface area contributed by atoms with Gasteiger partial charge in [-0.05, 0) is 24.3 Å². The highest BCUT2D eigenvalue weighted by molar-refractivity contribution is 6.64. The highest BCUT2D eigenvalue weighted by Gasteiger charge is 2.26. The Hall–Kier alpha value is -2.81. The van der Waals surface area contributed by atoms with E-state index in [4.69, 9.17) is 4.42 Å². The second-order valence-corrected chi connectivity index (χ2v) is 5.67. The predicted octanol–water partition coefficient (Wildman–Crippen LogP) is 1.73. The quantitative estimate of drug-likeness (QED) is 0.355. The Morgan fingerprint density at radius 1 is 1.24 bits per heavy atom. The van der Waals surface area contributed by atoms with E-state index < -0.39 is 0 Å². The number of benzene rings is 1. The standard InChI is InChI=1S/C16H18BN4O4/c22-12-17-20-8-6-19(7-9-20)15-5-1-4-14(16(15)21(23)24)18-11-13-3-2-10-25-13/h1-5,10,12,18H,6-9,11H2. The number of furan rings is 1. The Bertz CT molecular complexity index is 730. The number of nitro groups is 1. The molecule has 0 saturated carbocycles. The number of carbonyl (C=O) groups excluding carboxylic acids is 1. The molecule has 8 nitrogen and oxygen atoms in total. The van der Waals surface area contributed by atoms with E-state index in [1.807, 2.05) is 15.8 Å². The molecule has 1 radical (unpaired) electrons. The summed E-state index contributed by atoms with van der Waals surface area (Å²) in [4.78, 5) is 25.8. The molecule has 1 N–H and O–H groups in total. The van der Waals surface area contributed by atoms with Crippen molar-refractivity contribution in [3.8, 4) is 0 Å². The summed E-state index contributed by atoms with van der Waals surface area (Å²) in [5.41, 5.74) is 1.10. The van der Waals surface area contributed by atoms with Crippen LogP contribution in [0.25, 0.3) is 0 Å². The monoisotopic (exact) mass is 341 g/mol. The zero-order valence-electron chi connectivity index (χ0n) is 13.6. The highest BCUT2D eigenvalue weighted by atomic mass is 16.6. The molecular weight excluding hydrogens is 323 g/mol. The van der Waals surface area contributed by atoms with Gasteiger partial charge in [-0.3, -0.25) is 10.1 Å². The van der Waals surface area contributed by atoms with Crippen LogP contribution in [0.5, 0.6) is 0 Å². The lowest BCUT2D eigenvalue weighted by Crippen LogP contribution is -2.48. The summed E-state index contributed by atoms with van der Waals surface area (Å²) >= 11 is 0. The minimum atomic E-state index is -0.357. The van der Waals surface area contributed by atoms with E-state index in [2.05, 4.69) is 5.32 Å². The lowest BCUT2D eigenvalue weighted by atomic mass is 9.93. The average Bonchev–Trinajstić information content (AvgIpc) is 3.14. The molecule has 3 rings (SSSR count). The Morgan fingerprint density at radius 2 is 2.04 bits per heavy atom. The summed E-state index contributed by atoms with van der Waals surface area (Å²) in [6.07, 6.45) is 2.33. The van der Waals surface area contributed by atoms with Gasteiger partial charge < -0.3 is 24.2 Å². The van der Waals surface area contributed by atoms with Crippen molar-refractivity contribution >= 4 is 30.7 Å². The van der Waals surface area contributed by atoms with Crippen molar-refractivity contribution in [2.75, 3.05) is 36.4 Å². The first-order valence-corrected chi connectivity index (χ1v) is 8.00. The third-order valence-electron chi connectivity index (χ3n) is 4.16. The topological polar surface area (TPSA) is 91.9 Å². The number of rotatable bonds is 7. The number of para-hydroxylation sites is 1. The van der Waals surface area contributed by atoms with Crippen LogP contribution in [-0.2, 0) is 11.3 Å². The largest absolute Gasteiger partial charge is 0.467 e. The smallest absolute Gasteiger partial charge is 0.315 e. The van der Waals surface area contributed by atoms with Gasteiger partial charge in [-0.15, -0.1) is 0 Å². The molecule has 129 valence electrons. The van der Waals surface area contributed by atoms with Crippen molar-refractivity contribution in [1.29, 1.82) is 0 Å². The van der Waals surface area contributed by atoms with Crippen molar-refractivity contribution in [3.05, 3.63) is 52.5 Å². The second kappa shape index (κ2) is 7.84. The zero-order chi connectivity index (χ0) is 17.6. The minimum Gasteiger partial charge on any atom is -0.467 e. The van der Waals surface area contributed by atoms with Gasteiger partial charge >= 0.3 is 5.69 Å². The molecule has 1 aromatic carbocycles. The summed E-state index contributed by atoms with van der Waals surface area (Å²) in [7, 11) is 1.51. The minimum absolute atomic E-state index is 0.0573. The third-order valence-corrected chi connectivity index (χ3v) is 4.16. The van der Waals surface area contributed by atoms with Gasteiger partial charge in [-0.1, -0.05) is 6.07 Å². The summed E-state index contributed by atoms with van der Waals surface area (Å²) in [5, 5.41) is 14.7. The average molecular weight is 341 g/mol. The van der Waals surface area contributed by atoms with Crippen LogP contribution in [0.1, 0.15) is 5.76 Å². The van der Waals surface area contributed by atoms with E-state index in [0.29, 0.717) is 49.9 Å². The van der Waals surface area contributed by atoms with Crippen LogP contribution in [0.3, 0.4) is 0 Å². The second-order valence-electron chi connectivity index (χ2n) is 5.67. The lowest BCUT2D eigenvalue weighted by Gasteiger charge is -2.35. The van der Waals surface area contributed by atoms with Crippen LogP contribution < -0.4 is 10.2 Å². The number of piperazine rings is 1. The molecule has 0 amide bonds. The molecule has 1 fully saturated rings. The van der Waals surface area contributed by atoms with E-state index in [1.165, 1.54) is 7.41 Å². The number of carbonyl (C=O) groups is 1. The third kappa shape index (κ3) is 4.00. The molecule has 25 heavy (non-hydrogen) atoms. The maximum atomic E-state index is 11.7. The van der Waals surface area contributed by atoms with Gasteiger partial charge in [0.15, 0.2) is 0 Å². The van der Waals surface area contributed by atoms with Crippen molar-refractivity contribution in [2.24, 2.45) is 0 Å². The molecule has 2 heterocycles. The first kappa shape index (κ1) is 17.0. The Kier molecular flexibility index (Phi) is 5.34. The molecule has 0 spiro atoms. The predicted molar refractivity (Wildman–Crippen MR) is 95.4 cm³/mol. The van der Waals surface area contributed by atoms with Gasteiger partial charge in [0.25, 0.3) is 7.41 Å². The molecule has 9 heteroatoms. The molecule has 1 saturated heterocycles. The SMILES string of the molecule is O=C[B]N1CCN(c2cccc(NCc3ccco3)c2[N+](=O)[O-])CC1. The number of nitrogens with one attached hydrogen (secondary N) is 1. The van der Waals surface area contributed by atoms with Crippen LogP contribution in [0.2, 0.25) is 0 Å². The maximum Gasteiger partial charge on any atom is 0.315 e. The molecule has 1 aromatic heterocycles. The molecule has 2 aromatic rings. The molecule has 0 atom stereocenters. The fourth-order valence-corrected chi connectivity index (χ4v) is 2.91. The fraction of sp³-hybridized carbons (Fsp3) is 0.312. The van der Waals surface area contributed by atoms with Gasteiger partial charge in [0, 0.05) is 26.2 Å². The first-order chi connectivity index (χ1) is 12.2. The van der Waals surface area contributed by atoms with E-state index in [1.54, 1.807) is 30.5 Å². The van der Waals surface area contributed by atoms with Crippen LogP contribution in [-0.4, -0.2) is 49.5 Å². The van der Waals surface area contributed by atoms with Crippen LogP contribution in [0.15, 0.2) is 41.0 Å². The molecule has 0 bridgehead atoms. The summed E-state index contributed by atoms with van der Waals surface area (Å²) < 4.78 is 5.26. The van der Waals surface area contributed by atoms with Crippen LogP contribution in [0, 0.1) is 10.1 Å². The van der Waals surface area contributed by atoms with E-state index in [-0.39, 0.29) is 10.6 Å². The summed E-state index contributed by atoms with van der Waals surface area (Å²) in [6, 6.07) is 8.84. The van der Waals surface area contributed by atoms with Crippen LogP contribution >= 0.6 is 0 Å². The van der Waals surface area contributed by atoms with Crippen molar-refractivity contribution in [2.45, 2.75) is 6.54 Å². The maximum absolute atomic E-state index is 11.7. The van der Waals surface area contributed by atoms with Gasteiger partial charge in [0.2, 0.25) is 0 Å². The number of hydrogen-bond acceptors (Lipinski definition) is 7. The number of nitro benzene ring substituents is 1. The van der Waals surface area contributed by atoms with E-state index >= 15 is 0 Å². The number of nitrogens with zero attached hydrogens (tertiary/aromatic N) is 3. The number of anilines is 2. The van der Waals surface area contributed by atoms with Crippen molar-refractivity contribution in [1.82, 2.24) is 4.81 Å². The Labute approximate surface area is 145 Å². The fourth-order valence-electron chi connectivity index (χ4n) is 2.91. The van der Waals surface area contributed by atoms with Crippen molar-refractivity contribution in [3.63, 3.8) is 0 Å². The normalized spacial score (nSPS) is 15.0. The highest BCUT2D eigenvalue weighted by Crippen LogP contribution is 2.36. The number of hydrogen-bond donors (Lipinski definition) is 1. The molecule has 1 aliphatic heterocycles. The van der Waals surface area contributed by atoms with Gasteiger partial charge in [-0.2, -0.15) is 0 Å². The van der Waals surface area contributed by atoms with E-state index in [9.17, 15) is 14.9 Å².